The zero-order valence-electron chi connectivity index (χ0n) is 28.2. The fourth-order valence-electron chi connectivity index (χ4n) is 6.46. The van der Waals surface area contributed by atoms with Gasteiger partial charge in [0.2, 0.25) is 0 Å². The number of aromatic nitrogens is 1. The number of esters is 1. The van der Waals surface area contributed by atoms with Crippen molar-refractivity contribution < 1.29 is 28.9 Å². The quantitative estimate of drug-likeness (QED) is 0.184. The average molecular weight is 644 g/mol. The van der Waals surface area contributed by atoms with Gasteiger partial charge < -0.3 is 24.6 Å². The highest BCUT2D eigenvalue weighted by Crippen LogP contribution is 2.35. The number of rotatable bonds is 8. The predicted octanol–water partition coefficient (Wildman–Crippen LogP) is 6.77. The Hall–Kier alpha value is -4.16. The molecule has 47 heavy (non-hydrogen) atoms. The van der Waals surface area contributed by atoms with E-state index >= 15 is 0 Å². The molecule has 0 saturated carbocycles. The fourth-order valence-corrected chi connectivity index (χ4v) is 6.46. The van der Waals surface area contributed by atoms with Crippen molar-refractivity contribution >= 4 is 23.8 Å². The molecular weight excluding hydrogens is 594 g/mol. The van der Waals surface area contributed by atoms with Gasteiger partial charge in [0.25, 0.3) is 0 Å². The zero-order valence-corrected chi connectivity index (χ0v) is 28.2. The normalized spacial score (nSPS) is 22.4. The molecule has 0 amide bonds. The lowest BCUT2D eigenvalue weighted by Crippen LogP contribution is -2.22. The summed E-state index contributed by atoms with van der Waals surface area (Å²) in [5.74, 6) is 7.33. The van der Waals surface area contributed by atoms with Crippen LogP contribution in [0.15, 0.2) is 52.7 Å². The number of anilines is 1. The molecule has 3 heterocycles. The van der Waals surface area contributed by atoms with Crippen LogP contribution in [0.25, 0.3) is 0 Å². The summed E-state index contributed by atoms with van der Waals surface area (Å²) in [4.78, 5) is 34.8. The van der Waals surface area contributed by atoms with Crippen LogP contribution in [0, 0.1) is 17.8 Å². The second kappa shape index (κ2) is 18.2. The minimum Gasteiger partial charge on any atom is -0.504 e. The van der Waals surface area contributed by atoms with Gasteiger partial charge in [0.05, 0.1) is 26.1 Å². The number of allylic oxidation sites excluding steroid dienone is 1. The molecule has 0 spiro atoms. The van der Waals surface area contributed by atoms with Crippen LogP contribution in [-0.2, 0) is 19.1 Å². The van der Waals surface area contributed by atoms with E-state index in [0.29, 0.717) is 37.2 Å². The highest BCUT2D eigenvalue weighted by molar-refractivity contribution is 5.82. The number of Topliss-reactive ketones (excluding diaryl/α,β-unsaturated/α-hetero) is 1. The van der Waals surface area contributed by atoms with Crippen molar-refractivity contribution in [1.29, 1.82) is 0 Å². The molecule has 252 valence electrons. The summed E-state index contributed by atoms with van der Waals surface area (Å²) in [5.41, 5.74) is 4.66. The van der Waals surface area contributed by atoms with E-state index in [2.05, 4.69) is 46.2 Å². The van der Waals surface area contributed by atoms with E-state index in [-0.39, 0.29) is 30.3 Å². The van der Waals surface area contributed by atoms with Gasteiger partial charge in [-0.15, -0.1) is 0 Å². The maximum Gasteiger partial charge on any atom is 0.302 e. The smallest absolute Gasteiger partial charge is 0.302 e. The van der Waals surface area contributed by atoms with E-state index in [1.807, 2.05) is 12.4 Å². The van der Waals surface area contributed by atoms with Crippen molar-refractivity contribution in [2.45, 2.75) is 89.6 Å². The monoisotopic (exact) mass is 643 g/mol. The number of carbonyl (C=O) groups excluding carboxylic acids is 2. The molecular formula is C38H49N3O6. The highest BCUT2D eigenvalue weighted by atomic mass is 16.5. The molecule has 0 fully saturated rings. The molecule has 2 aromatic rings. The van der Waals surface area contributed by atoms with Crippen LogP contribution < -0.4 is 10.1 Å². The van der Waals surface area contributed by atoms with Gasteiger partial charge in [-0.2, -0.15) is 0 Å². The van der Waals surface area contributed by atoms with Gasteiger partial charge in [-0.1, -0.05) is 31.3 Å². The molecule has 0 saturated heterocycles. The van der Waals surface area contributed by atoms with Crippen LogP contribution in [0.3, 0.4) is 0 Å². The molecule has 0 aliphatic carbocycles. The summed E-state index contributed by atoms with van der Waals surface area (Å²) >= 11 is 0. The number of aromatic hydroxyl groups is 1. The summed E-state index contributed by atoms with van der Waals surface area (Å²) in [7, 11) is 3.23. The molecule has 2 bridgehead atoms. The topological polar surface area (TPSA) is 119 Å². The Labute approximate surface area is 279 Å². The van der Waals surface area contributed by atoms with Crippen molar-refractivity contribution in [2.75, 3.05) is 39.2 Å². The molecule has 1 aromatic heterocycles. The van der Waals surface area contributed by atoms with Crippen LogP contribution in [0.1, 0.15) is 94.6 Å². The largest absolute Gasteiger partial charge is 0.504 e. The van der Waals surface area contributed by atoms with Gasteiger partial charge in [0.15, 0.2) is 11.5 Å². The number of pyridine rings is 1. The fraction of sp³-hybridized carbons (Fsp3) is 0.526. The first-order valence-electron chi connectivity index (χ1n) is 16.7. The summed E-state index contributed by atoms with van der Waals surface area (Å²) in [6.45, 7) is 5.35. The van der Waals surface area contributed by atoms with Crippen molar-refractivity contribution in [3.05, 3.63) is 58.8 Å². The number of ether oxygens (including phenoxy) is 3. The lowest BCUT2D eigenvalue weighted by atomic mass is 9.84. The molecule has 0 radical (unpaired) electrons. The molecule has 4 atom stereocenters. The molecule has 2 aliphatic rings. The summed E-state index contributed by atoms with van der Waals surface area (Å²) in [6, 6.07) is 9.24. The molecule has 1 aromatic carbocycles. The molecule has 9 heteroatoms. The van der Waals surface area contributed by atoms with E-state index in [9.17, 15) is 14.7 Å². The van der Waals surface area contributed by atoms with Crippen LogP contribution >= 0.6 is 0 Å². The third-order valence-corrected chi connectivity index (χ3v) is 9.08. The Balaban J connectivity index is 1.67. The van der Waals surface area contributed by atoms with Crippen LogP contribution in [0.4, 0.5) is 5.82 Å². The minimum absolute atomic E-state index is 0.0164. The number of phenolic OH excluding ortho intramolecular Hbond substituents is 1. The molecule has 2 aliphatic heterocycles. The molecule has 2 N–H and O–H groups in total. The number of aliphatic imine (C=N–C) groups is 1. The van der Waals surface area contributed by atoms with E-state index in [0.717, 1.165) is 56.5 Å². The first kappa shape index (κ1) is 35.7. The zero-order chi connectivity index (χ0) is 33.6. The number of hydrogen-bond acceptors (Lipinski definition) is 9. The second-order valence-electron chi connectivity index (χ2n) is 12.5. The van der Waals surface area contributed by atoms with Gasteiger partial charge in [-0.05, 0) is 96.9 Å². The van der Waals surface area contributed by atoms with E-state index in [1.165, 1.54) is 30.7 Å². The number of nitrogens with one attached hydrogen (secondary N) is 1. The van der Waals surface area contributed by atoms with Crippen molar-refractivity contribution in [3.63, 3.8) is 0 Å². The van der Waals surface area contributed by atoms with Crippen molar-refractivity contribution in [2.24, 2.45) is 10.9 Å². The Kier molecular flexibility index (Phi) is 13.9. The first-order chi connectivity index (χ1) is 22.8. The number of benzene rings is 1. The number of carbonyl (C=O) groups is 2. The lowest BCUT2D eigenvalue weighted by Gasteiger charge is -2.23. The summed E-state index contributed by atoms with van der Waals surface area (Å²) in [6.07, 6.45) is 9.83. The van der Waals surface area contributed by atoms with Gasteiger partial charge in [-0.25, -0.2) is 4.98 Å². The van der Waals surface area contributed by atoms with Gasteiger partial charge in [-0.3, -0.25) is 14.6 Å². The number of hydrogen-bond donors (Lipinski definition) is 2. The SMILES string of the molecule is CC[C@@H]1CC[C@@H](OC(C)=O)CC(=O)C[C@@H](c2ccc(O)c(OC)c2)C#CCNc2cc(ccn2)[C@H](CCCOC)CC2=C(C=NC2)C1. The molecule has 0 unspecified atom stereocenters. The third-order valence-electron chi connectivity index (χ3n) is 9.08. The molecule has 9 nitrogen and oxygen atoms in total. The van der Waals surface area contributed by atoms with Crippen LogP contribution in [0.5, 0.6) is 11.5 Å². The van der Waals surface area contributed by atoms with Crippen molar-refractivity contribution in [1.82, 2.24) is 4.98 Å². The Bertz CT molecular complexity index is 1490. The van der Waals surface area contributed by atoms with Gasteiger partial charge >= 0.3 is 5.97 Å². The summed E-state index contributed by atoms with van der Waals surface area (Å²) < 4.78 is 16.4. The van der Waals surface area contributed by atoms with E-state index < -0.39 is 12.0 Å². The number of ketones is 1. The first-order valence-corrected chi connectivity index (χ1v) is 16.7. The Morgan fingerprint density at radius 3 is 2.70 bits per heavy atom. The van der Waals surface area contributed by atoms with E-state index in [1.54, 1.807) is 25.3 Å². The number of methoxy groups -OCH3 is 2. The number of fused-ring (bicyclic) bond motifs is 2. The maximum absolute atomic E-state index is 13.5. The van der Waals surface area contributed by atoms with Crippen LogP contribution in [-0.4, -0.2) is 68.1 Å². The number of phenols is 1. The summed E-state index contributed by atoms with van der Waals surface area (Å²) in [5, 5.41) is 13.5. The predicted molar refractivity (Wildman–Crippen MR) is 184 cm³/mol. The third kappa shape index (κ3) is 11.0. The number of nitrogens with zero attached hydrogens (tertiary/aromatic N) is 2. The highest BCUT2D eigenvalue weighted by Gasteiger charge is 2.25. The van der Waals surface area contributed by atoms with Gasteiger partial charge in [0.1, 0.15) is 17.7 Å². The second-order valence-corrected chi connectivity index (χ2v) is 12.5. The van der Waals surface area contributed by atoms with Gasteiger partial charge in [0, 0.05) is 45.9 Å². The van der Waals surface area contributed by atoms with Crippen LogP contribution in [0.2, 0.25) is 0 Å². The molecule has 4 rings (SSSR count). The standard InChI is InChI=1S/C38H49N3O6/c1-5-27-10-12-35(47-26(2)42)23-34(43)20-29(30-11-13-36(44)37(21-30)46-4)8-6-15-40-38-22-31(14-16-41-38)28(9-7-17-45-3)19-33-25-39-24-32(33)18-27/h11,13-14,16,21-22,24,27-29,35,44H,5,7,9-10,12,15,17-20,23,25H2,1-4H3,(H,40,41)/t27-,28-,29+,35-/m1/s1. The maximum atomic E-state index is 13.5. The van der Waals surface area contributed by atoms with Crippen molar-refractivity contribution in [3.8, 4) is 23.3 Å². The average Bonchev–Trinajstić information content (AvgIpc) is 3.49. The minimum atomic E-state index is -0.503. The Morgan fingerprint density at radius 2 is 1.94 bits per heavy atom. The van der Waals surface area contributed by atoms with E-state index in [4.69, 9.17) is 14.2 Å². The lowest BCUT2D eigenvalue weighted by molar-refractivity contribution is -0.148. The Morgan fingerprint density at radius 1 is 1.09 bits per heavy atom.